The molecule has 7 heteroatoms. The number of aromatic nitrogens is 1. The highest BCUT2D eigenvalue weighted by Crippen LogP contribution is 2.32. The number of rotatable bonds is 11. The average molecular weight is 504 g/mol. The Morgan fingerprint density at radius 3 is 2.51 bits per heavy atom. The third kappa shape index (κ3) is 6.24. The summed E-state index contributed by atoms with van der Waals surface area (Å²) in [6, 6.07) is 17.9. The molecule has 1 unspecified atom stereocenters. The van der Waals surface area contributed by atoms with Crippen LogP contribution in [0.5, 0.6) is 17.2 Å². The van der Waals surface area contributed by atoms with E-state index in [1.54, 1.807) is 36.4 Å². The first kappa shape index (κ1) is 26.1. The molecule has 0 bridgehead atoms. The summed E-state index contributed by atoms with van der Waals surface area (Å²) in [5.74, 6) is 0.147. The van der Waals surface area contributed by atoms with Gasteiger partial charge in [0.15, 0.2) is 0 Å². The number of aliphatic hydroxyl groups is 1. The minimum Gasteiger partial charge on any atom is -0.507 e. The second-order valence-corrected chi connectivity index (χ2v) is 9.20. The average Bonchev–Trinajstić information content (AvgIpc) is 3.25. The van der Waals surface area contributed by atoms with Gasteiger partial charge in [0, 0.05) is 23.5 Å². The van der Waals surface area contributed by atoms with Crippen molar-refractivity contribution in [3.8, 4) is 17.2 Å². The van der Waals surface area contributed by atoms with Crippen LogP contribution in [0.3, 0.4) is 0 Å². The maximum atomic E-state index is 12.4. The first-order valence-electron chi connectivity index (χ1n) is 12.5. The number of carbonyl (C=O) groups excluding carboxylic acids is 1. The van der Waals surface area contributed by atoms with Crippen LogP contribution in [-0.2, 0) is 24.1 Å². The number of esters is 1. The zero-order valence-corrected chi connectivity index (χ0v) is 21.2. The molecule has 194 valence electrons. The van der Waals surface area contributed by atoms with Crippen molar-refractivity contribution >= 4 is 16.9 Å². The van der Waals surface area contributed by atoms with E-state index in [0.29, 0.717) is 16.9 Å². The summed E-state index contributed by atoms with van der Waals surface area (Å²) < 4.78 is 12.4. The van der Waals surface area contributed by atoms with E-state index in [-0.39, 0.29) is 31.1 Å². The largest absolute Gasteiger partial charge is 0.507 e. The molecule has 1 aromatic heterocycles. The Morgan fingerprint density at radius 1 is 1.03 bits per heavy atom. The lowest BCUT2D eigenvalue weighted by Crippen LogP contribution is -2.21. The van der Waals surface area contributed by atoms with Crippen molar-refractivity contribution in [2.24, 2.45) is 0 Å². The minimum absolute atomic E-state index is 0.0647. The quantitative estimate of drug-likeness (QED) is 0.243. The van der Waals surface area contributed by atoms with E-state index < -0.39 is 12.1 Å². The highest BCUT2D eigenvalue weighted by molar-refractivity contribution is 5.90. The fourth-order valence-corrected chi connectivity index (χ4v) is 4.49. The number of unbranched alkanes of at least 4 members (excludes halogenated alkanes) is 1. The zero-order valence-electron chi connectivity index (χ0n) is 21.2. The van der Waals surface area contributed by atoms with Gasteiger partial charge >= 0.3 is 5.97 Å². The van der Waals surface area contributed by atoms with E-state index in [4.69, 9.17) is 9.47 Å². The Balaban J connectivity index is 1.48. The molecule has 0 aliphatic rings. The van der Waals surface area contributed by atoms with Crippen LogP contribution in [0.25, 0.3) is 10.9 Å². The van der Waals surface area contributed by atoms with E-state index in [2.05, 4.69) is 6.92 Å². The maximum absolute atomic E-state index is 12.4. The molecule has 3 aromatic carbocycles. The van der Waals surface area contributed by atoms with E-state index in [1.807, 2.05) is 35.0 Å². The number of phenols is 2. The van der Waals surface area contributed by atoms with E-state index in [9.17, 15) is 20.1 Å². The Labute approximate surface area is 216 Å². The molecule has 0 amide bonds. The number of aromatic hydroxyl groups is 2. The molecule has 1 heterocycles. The zero-order chi connectivity index (χ0) is 26.4. The summed E-state index contributed by atoms with van der Waals surface area (Å²) in [5, 5.41) is 32.9. The highest BCUT2D eigenvalue weighted by Gasteiger charge is 2.18. The third-order valence-corrected chi connectivity index (χ3v) is 6.45. The van der Waals surface area contributed by atoms with Crippen LogP contribution in [0, 0.1) is 0 Å². The Kier molecular flexibility index (Phi) is 8.36. The molecule has 37 heavy (non-hydrogen) atoms. The number of methoxy groups -OCH3 is 1. The van der Waals surface area contributed by atoms with Crippen molar-refractivity contribution in [2.75, 3.05) is 13.7 Å². The van der Waals surface area contributed by atoms with Gasteiger partial charge in [-0.2, -0.15) is 0 Å². The lowest BCUT2D eigenvalue weighted by atomic mass is 10.0. The standard InChI is InChI=1S/C30H33NO6/c1-3-4-8-20-13-28(33)26(29(34)14-20)18-31-17-22(25-11-5-6-12-27(25)31)15-23(32)19-37-30(35)21-9-7-10-24(16-21)36-2/h5-7,9-14,16-17,23,32-34H,3-4,8,15,18-19H2,1-2H3. The first-order chi connectivity index (χ1) is 17.9. The number of hydrogen-bond acceptors (Lipinski definition) is 6. The van der Waals surface area contributed by atoms with Crippen molar-refractivity contribution in [3.05, 3.63) is 89.1 Å². The second kappa shape index (κ2) is 11.8. The fraction of sp³-hybridized carbons (Fsp3) is 0.300. The van der Waals surface area contributed by atoms with Crippen molar-refractivity contribution in [1.29, 1.82) is 0 Å². The fourth-order valence-electron chi connectivity index (χ4n) is 4.49. The number of hydrogen-bond donors (Lipinski definition) is 3. The smallest absolute Gasteiger partial charge is 0.338 e. The van der Waals surface area contributed by atoms with Gasteiger partial charge < -0.3 is 29.4 Å². The van der Waals surface area contributed by atoms with Crippen molar-refractivity contribution in [1.82, 2.24) is 4.57 Å². The molecule has 0 aliphatic carbocycles. The SMILES string of the molecule is CCCCc1cc(O)c(Cn2cc(CC(O)COC(=O)c3cccc(OC)c3)c3ccccc32)c(O)c1. The lowest BCUT2D eigenvalue weighted by molar-refractivity contribution is 0.0259. The summed E-state index contributed by atoms with van der Waals surface area (Å²) in [4.78, 5) is 12.4. The molecule has 0 saturated carbocycles. The number of carbonyl (C=O) groups is 1. The van der Waals surface area contributed by atoms with Gasteiger partial charge in [-0.15, -0.1) is 0 Å². The van der Waals surface area contributed by atoms with Crippen LogP contribution in [0.2, 0.25) is 0 Å². The van der Waals surface area contributed by atoms with Crippen molar-refractivity contribution < 1.29 is 29.6 Å². The highest BCUT2D eigenvalue weighted by atomic mass is 16.5. The predicted molar refractivity (Wildman–Crippen MR) is 142 cm³/mol. The molecule has 1 atom stereocenters. The van der Waals surface area contributed by atoms with Crippen molar-refractivity contribution in [2.45, 2.75) is 45.3 Å². The molecule has 4 rings (SSSR count). The van der Waals surface area contributed by atoms with Crippen LogP contribution in [0.4, 0.5) is 0 Å². The van der Waals surface area contributed by atoms with Gasteiger partial charge in [0.25, 0.3) is 0 Å². The normalized spacial score (nSPS) is 12.0. The summed E-state index contributed by atoms with van der Waals surface area (Å²) in [5.41, 5.74) is 3.49. The van der Waals surface area contributed by atoms with Gasteiger partial charge in [0.1, 0.15) is 23.9 Å². The lowest BCUT2D eigenvalue weighted by Gasteiger charge is -2.12. The number of phenolic OH excluding ortho intramolecular Hbond substituents is 2. The first-order valence-corrected chi connectivity index (χ1v) is 12.5. The van der Waals surface area contributed by atoms with Gasteiger partial charge in [-0.25, -0.2) is 4.79 Å². The number of aryl methyl sites for hydroxylation is 1. The molecular weight excluding hydrogens is 470 g/mol. The summed E-state index contributed by atoms with van der Waals surface area (Å²) in [7, 11) is 1.52. The van der Waals surface area contributed by atoms with Crippen LogP contribution in [-0.4, -0.2) is 45.7 Å². The third-order valence-electron chi connectivity index (χ3n) is 6.45. The van der Waals surface area contributed by atoms with E-state index in [0.717, 1.165) is 41.3 Å². The molecule has 4 aromatic rings. The Hall–Kier alpha value is -3.97. The molecular formula is C30H33NO6. The van der Waals surface area contributed by atoms with Gasteiger partial charge in [0.05, 0.1) is 30.9 Å². The van der Waals surface area contributed by atoms with Gasteiger partial charge in [-0.3, -0.25) is 0 Å². The number of ether oxygens (including phenoxy) is 2. The monoisotopic (exact) mass is 503 g/mol. The number of para-hydroxylation sites is 1. The van der Waals surface area contributed by atoms with Crippen LogP contribution < -0.4 is 4.74 Å². The van der Waals surface area contributed by atoms with Crippen LogP contribution in [0.1, 0.15) is 46.8 Å². The molecule has 3 N–H and O–H groups in total. The number of benzene rings is 3. The van der Waals surface area contributed by atoms with Gasteiger partial charge in [-0.05, 0) is 60.4 Å². The molecule has 7 nitrogen and oxygen atoms in total. The minimum atomic E-state index is -0.909. The number of aliphatic hydroxyl groups excluding tert-OH is 1. The Morgan fingerprint density at radius 2 is 1.78 bits per heavy atom. The van der Waals surface area contributed by atoms with Crippen molar-refractivity contribution in [3.63, 3.8) is 0 Å². The van der Waals surface area contributed by atoms with Crippen LogP contribution in [0.15, 0.2) is 66.9 Å². The molecule has 0 fully saturated rings. The molecule has 0 aliphatic heterocycles. The van der Waals surface area contributed by atoms with Gasteiger partial charge in [0.2, 0.25) is 0 Å². The van der Waals surface area contributed by atoms with Crippen LogP contribution >= 0.6 is 0 Å². The molecule has 0 spiro atoms. The molecule has 0 saturated heterocycles. The number of fused-ring (bicyclic) bond motifs is 1. The van der Waals surface area contributed by atoms with Gasteiger partial charge in [-0.1, -0.05) is 37.6 Å². The number of nitrogens with zero attached hydrogens (tertiary/aromatic N) is 1. The predicted octanol–water partition coefficient (Wildman–Crippen LogP) is 5.21. The summed E-state index contributed by atoms with van der Waals surface area (Å²) in [6.07, 6.45) is 4.09. The summed E-state index contributed by atoms with van der Waals surface area (Å²) in [6.45, 7) is 2.22. The van der Waals surface area contributed by atoms with E-state index >= 15 is 0 Å². The molecule has 0 radical (unpaired) electrons. The maximum Gasteiger partial charge on any atom is 0.338 e. The topological polar surface area (TPSA) is 101 Å². The Bertz CT molecular complexity index is 1350. The second-order valence-electron chi connectivity index (χ2n) is 9.20. The van der Waals surface area contributed by atoms with E-state index in [1.165, 1.54) is 7.11 Å². The summed E-state index contributed by atoms with van der Waals surface area (Å²) >= 11 is 0.